The fourth-order valence-electron chi connectivity index (χ4n) is 3.86. The third-order valence-electron chi connectivity index (χ3n) is 5.43. The largest absolute Gasteiger partial charge is 0.481 e. The number of amides is 1. The molecule has 0 saturated heterocycles. The summed E-state index contributed by atoms with van der Waals surface area (Å²) in [7, 11) is 0. The molecule has 1 aromatic heterocycles. The molecule has 164 valence electrons. The molecule has 7 heteroatoms. The minimum atomic E-state index is -0.844. The van der Waals surface area contributed by atoms with Gasteiger partial charge in [0.15, 0.2) is 0 Å². The van der Waals surface area contributed by atoms with E-state index in [1.54, 1.807) is 0 Å². The Morgan fingerprint density at radius 2 is 1.88 bits per heavy atom. The van der Waals surface area contributed by atoms with Crippen molar-refractivity contribution in [3.8, 4) is 0 Å². The Labute approximate surface area is 186 Å². The van der Waals surface area contributed by atoms with Crippen LogP contribution in [0.4, 0.5) is 5.95 Å². The number of aromatic nitrogens is 2. The topological polar surface area (TPSA) is 107 Å². The van der Waals surface area contributed by atoms with Crippen molar-refractivity contribution < 1.29 is 14.7 Å². The van der Waals surface area contributed by atoms with Crippen molar-refractivity contribution in [3.63, 3.8) is 0 Å². The highest BCUT2D eigenvalue weighted by molar-refractivity contribution is 5.78. The predicted molar refractivity (Wildman–Crippen MR) is 125 cm³/mol. The van der Waals surface area contributed by atoms with Crippen molar-refractivity contribution in [2.45, 2.75) is 25.2 Å². The quantitative estimate of drug-likeness (QED) is 0.383. The second-order valence-corrected chi connectivity index (χ2v) is 7.82. The number of aliphatic carboxylic acids is 1. The molecule has 0 spiro atoms. The minimum Gasteiger partial charge on any atom is -0.481 e. The molecule has 0 radical (unpaired) electrons. The van der Waals surface area contributed by atoms with E-state index in [-0.39, 0.29) is 18.2 Å². The molecular weight excluding hydrogens is 404 g/mol. The molecule has 0 fully saturated rings. The van der Waals surface area contributed by atoms with Gasteiger partial charge in [0.05, 0.1) is 17.5 Å². The third kappa shape index (κ3) is 5.43. The third-order valence-corrected chi connectivity index (χ3v) is 5.43. The van der Waals surface area contributed by atoms with Crippen LogP contribution in [0.3, 0.4) is 0 Å². The zero-order chi connectivity index (χ0) is 22.3. The molecule has 4 N–H and O–H groups in total. The molecule has 1 atom stereocenters. The average molecular weight is 431 g/mol. The fraction of sp³-hybridized carbons (Fsp3) is 0.240. The van der Waals surface area contributed by atoms with Crippen molar-refractivity contribution in [2.75, 3.05) is 18.4 Å². The van der Waals surface area contributed by atoms with Gasteiger partial charge in [-0.25, -0.2) is 4.98 Å². The van der Waals surface area contributed by atoms with Crippen LogP contribution in [0, 0.1) is 0 Å². The fourth-order valence-corrected chi connectivity index (χ4v) is 3.86. The first-order valence-corrected chi connectivity index (χ1v) is 10.7. The van der Waals surface area contributed by atoms with Crippen LogP contribution in [0.2, 0.25) is 0 Å². The lowest BCUT2D eigenvalue weighted by Gasteiger charge is -2.13. The monoisotopic (exact) mass is 430 g/mol. The van der Waals surface area contributed by atoms with E-state index in [1.807, 2.05) is 66.8 Å². The van der Waals surface area contributed by atoms with Crippen LogP contribution < -0.4 is 10.6 Å². The Kier molecular flexibility index (Phi) is 6.65. The molecule has 1 aliphatic rings. The Morgan fingerprint density at radius 1 is 1.06 bits per heavy atom. The number of carbonyl (C=O) groups is 2. The second-order valence-electron chi connectivity index (χ2n) is 7.82. The van der Waals surface area contributed by atoms with Crippen molar-refractivity contribution in [1.29, 1.82) is 0 Å². The number of imidazole rings is 1. The lowest BCUT2D eigenvalue weighted by molar-refractivity contribution is -0.137. The van der Waals surface area contributed by atoms with Gasteiger partial charge in [0.2, 0.25) is 11.9 Å². The van der Waals surface area contributed by atoms with Crippen LogP contribution in [0.1, 0.15) is 36.3 Å². The van der Waals surface area contributed by atoms with E-state index >= 15 is 0 Å². The average Bonchev–Trinajstić information content (AvgIpc) is 3.12. The van der Waals surface area contributed by atoms with Crippen LogP contribution >= 0.6 is 0 Å². The first-order chi connectivity index (χ1) is 15.6. The number of para-hydroxylation sites is 2. The summed E-state index contributed by atoms with van der Waals surface area (Å²) in [6.45, 7) is 1.00. The van der Waals surface area contributed by atoms with E-state index in [4.69, 9.17) is 0 Å². The van der Waals surface area contributed by atoms with Crippen molar-refractivity contribution in [3.05, 3.63) is 77.4 Å². The summed E-state index contributed by atoms with van der Waals surface area (Å²) in [5, 5.41) is 15.5. The Balaban J connectivity index is 1.26. The highest BCUT2D eigenvalue weighted by atomic mass is 16.4. The Bertz CT molecular complexity index is 1150. The maximum Gasteiger partial charge on any atom is 0.304 e. The van der Waals surface area contributed by atoms with Crippen molar-refractivity contribution in [1.82, 2.24) is 15.3 Å². The van der Waals surface area contributed by atoms with E-state index < -0.39 is 5.97 Å². The number of nitrogens with one attached hydrogen (secondary N) is 3. The molecule has 1 aliphatic carbocycles. The van der Waals surface area contributed by atoms with Gasteiger partial charge >= 0.3 is 5.97 Å². The van der Waals surface area contributed by atoms with Crippen LogP contribution in [-0.2, 0) is 9.59 Å². The zero-order valence-corrected chi connectivity index (χ0v) is 17.7. The zero-order valence-electron chi connectivity index (χ0n) is 17.7. The van der Waals surface area contributed by atoms with Gasteiger partial charge in [-0.3, -0.25) is 9.59 Å². The first kappa shape index (κ1) is 21.4. The highest BCUT2D eigenvalue weighted by Gasteiger charge is 2.18. The molecule has 1 heterocycles. The van der Waals surface area contributed by atoms with Crippen LogP contribution in [0.15, 0.2) is 66.3 Å². The summed E-state index contributed by atoms with van der Waals surface area (Å²) >= 11 is 0. The molecule has 2 aromatic carbocycles. The minimum absolute atomic E-state index is 0.0175. The SMILES string of the molecule is O=C(O)CC1C=C(CNC(=O)CCCNc2nc3ccccc3[nH]2)C=Cc2ccccc21. The molecule has 0 bridgehead atoms. The van der Waals surface area contributed by atoms with Gasteiger partial charge in [0.25, 0.3) is 0 Å². The highest BCUT2D eigenvalue weighted by Crippen LogP contribution is 2.30. The van der Waals surface area contributed by atoms with Gasteiger partial charge in [0, 0.05) is 25.4 Å². The standard InChI is InChI=1S/C25H26N4O3/c30-23(10-5-13-26-25-28-21-8-3-4-9-22(21)29-25)27-16-17-11-12-18-6-1-2-7-20(18)19(14-17)15-24(31)32/h1-4,6-9,11-12,14,19H,5,10,13,15-16H2,(H,27,30)(H,31,32)(H2,26,28,29). The number of H-pyrrole nitrogens is 1. The number of fused-ring (bicyclic) bond motifs is 2. The number of hydrogen-bond acceptors (Lipinski definition) is 4. The molecule has 4 rings (SSSR count). The number of nitrogens with zero attached hydrogens (tertiary/aromatic N) is 1. The van der Waals surface area contributed by atoms with Gasteiger partial charge < -0.3 is 20.7 Å². The molecule has 3 aromatic rings. The Hall–Kier alpha value is -3.87. The second kappa shape index (κ2) is 9.96. The number of benzene rings is 2. The van der Waals surface area contributed by atoms with Crippen LogP contribution in [-0.4, -0.2) is 40.0 Å². The van der Waals surface area contributed by atoms with Gasteiger partial charge in [0.1, 0.15) is 0 Å². The number of carboxylic acid groups (broad SMARTS) is 1. The number of carboxylic acids is 1. The van der Waals surface area contributed by atoms with E-state index in [1.165, 1.54) is 0 Å². The van der Waals surface area contributed by atoms with E-state index in [0.29, 0.717) is 31.9 Å². The maximum atomic E-state index is 12.3. The van der Waals surface area contributed by atoms with E-state index in [2.05, 4.69) is 20.6 Å². The number of hydrogen-bond donors (Lipinski definition) is 4. The van der Waals surface area contributed by atoms with E-state index in [9.17, 15) is 14.7 Å². The summed E-state index contributed by atoms with van der Waals surface area (Å²) in [5.74, 6) is -0.409. The summed E-state index contributed by atoms with van der Waals surface area (Å²) in [6.07, 6.45) is 6.95. The number of aromatic amines is 1. The predicted octanol–water partition coefficient (Wildman–Crippen LogP) is 4.08. The molecule has 7 nitrogen and oxygen atoms in total. The number of anilines is 1. The summed E-state index contributed by atoms with van der Waals surface area (Å²) in [5.41, 5.74) is 4.78. The summed E-state index contributed by atoms with van der Waals surface area (Å²) in [6, 6.07) is 15.6. The normalized spacial score (nSPS) is 15.0. The van der Waals surface area contributed by atoms with Gasteiger partial charge in [-0.05, 0) is 35.3 Å². The molecular formula is C25H26N4O3. The lowest BCUT2D eigenvalue weighted by Crippen LogP contribution is -2.25. The van der Waals surface area contributed by atoms with Gasteiger partial charge in [-0.1, -0.05) is 54.6 Å². The van der Waals surface area contributed by atoms with Crippen molar-refractivity contribution >= 4 is 34.9 Å². The first-order valence-electron chi connectivity index (χ1n) is 10.7. The lowest BCUT2D eigenvalue weighted by atomic mass is 9.91. The summed E-state index contributed by atoms with van der Waals surface area (Å²) in [4.78, 5) is 31.3. The Morgan fingerprint density at radius 3 is 2.72 bits per heavy atom. The number of allylic oxidation sites excluding steroid dienone is 1. The molecule has 1 unspecified atom stereocenters. The van der Waals surface area contributed by atoms with Gasteiger partial charge in [-0.2, -0.15) is 0 Å². The molecule has 1 amide bonds. The number of carbonyl (C=O) groups excluding carboxylic acids is 1. The van der Waals surface area contributed by atoms with E-state index in [0.717, 1.165) is 27.7 Å². The smallest absolute Gasteiger partial charge is 0.304 e. The van der Waals surface area contributed by atoms with Gasteiger partial charge in [-0.15, -0.1) is 0 Å². The number of rotatable bonds is 9. The van der Waals surface area contributed by atoms with Crippen LogP contribution in [0.5, 0.6) is 0 Å². The molecule has 0 saturated carbocycles. The maximum absolute atomic E-state index is 12.3. The molecule has 0 aliphatic heterocycles. The van der Waals surface area contributed by atoms with Crippen molar-refractivity contribution in [2.24, 2.45) is 0 Å². The summed E-state index contributed by atoms with van der Waals surface area (Å²) < 4.78 is 0. The molecule has 32 heavy (non-hydrogen) atoms. The van der Waals surface area contributed by atoms with Crippen LogP contribution in [0.25, 0.3) is 17.1 Å².